The average Bonchev–Trinajstić information content (AvgIpc) is 2.14. The van der Waals surface area contributed by atoms with Crippen molar-refractivity contribution in [2.24, 2.45) is 0 Å². The normalized spacial score (nSPS) is 14.3. The van der Waals surface area contributed by atoms with Gasteiger partial charge in [-0.1, -0.05) is 0 Å². The predicted octanol–water partition coefficient (Wildman–Crippen LogP) is -1.10. The number of hydrogen-bond acceptors (Lipinski definition) is 6. The van der Waals surface area contributed by atoms with E-state index in [4.69, 9.17) is 0 Å². The summed E-state index contributed by atoms with van der Waals surface area (Å²) in [5.41, 5.74) is 0. The Bertz CT molecular complexity index is 452. The molecule has 7 nitrogen and oxygen atoms in total. The lowest BCUT2D eigenvalue weighted by atomic mass is 10.4. The third-order valence-electron chi connectivity index (χ3n) is 1.72. The summed E-state index contributed by atoms with van der Waals surface area (Å²) in [5.74, 6) is -1.76. The minimum atomic E-state index is -3.81. The van der Waals surface area contributed by atoms with Gasteiger partial charge >= 0.3 is 5.97 Å². The maximum Gasteiger partial charge on any atom is 0.323 e. The topological polar surface area (TPSA) is 107 Å². The van der Waals surface area contributed by atoms with E-state index in [0.717, 1.165) is 6.26 Å². The van der Waals surface area contributed by atoms with Crippen molar-refractivity contribution in [2.45, 2.75) is 19.9 Å². The van der Waals surface area contributed by atoms with Gasteiger partial charge < -0.3 is 4.74 Å². The Morgan fingerprint density at radius 1 is 1.24 bits per heavy atom. The molecule has 0 amide bonds. The Kier molecular flexibility index (Phi) is 6.06. The molecule has 9 heteroatoms. The number of carbonyl (C=O) groups is 1. The first-order valence-corrected chi connectivity index (χ1v) is 8.63. The molecule has 102 valence electrons. The van der Waals surface area contributed by atoms with Crippen LogP contribution in [0.4, 0.5) is 0 Å². The number of rotatable bonds is 7. The fraction of sp³-hybridized carbons (Fsp3) is 0.875. The highest BCUT2D eigenvalue weighted by molar-refractivity contribution is 7.93. The van der Waals surface area contributed by atoms with E-state index in [1.165, 1.54) is 6.92 Å². The van der Waals surface area contributed by atoms with Crippen molar-refractivity contribution in [3.8, 4) is 0 Å². The highest BCUT2D eigenvalue weighted by Crippen LogP contribution is 1.95. The number of hydrogen-bond donors (Lipinski definition) is 1. The quantitative estimate of drug-likeness (QED) is 0.596. The molecule has 0 saturated carbocycles. The molecule has 17 heavy (non-hydrogen) atoms. The summed E-state index contributed by atoms with van der Waals surface area (Å²) in [6.45, 7) is 3.08. The molecule has 0 aromatic heterocycles. The molecule has 0 aliphatic rings. The van der Waals surface area contributed by atoms with Crippen LogP contribution >= 0.6 is 0 Å². The van der Waals surface area contributed by atoms with E-state index in [9.17, 15) is 21.6 Å². The maximum absolute atomic E-state index is 11.4. The van der Waals surface area contributed by atoms with Crippen LogP contribution in [0.25, 0.3) is 0 Å². The monoisotopic (exact) mass is 287 g/mol. The molecule has 1 atom stereocenters. The second-order valence-corrected chi connectivity index (χ2v) is 7.67. The summed E-state index contributed by atoms with van der Waals surface area (Å²) >= 11 is 0. The fourth-order valence-corrected chi connectivity index (χ4v) is 3.75. The lowest BCUT2D eigenvalue weighted by Crippen LogP contribution is -2.41. The minimum Gasteiger partial charge on any atom is -0.465 e. The van der Waals surface area contributed by atoms with Crippen molar-refractivity contribution in [1.29, 1.82) is 0 Å². The molecule has 0 aromatic rings. The molecule has 0 aromatic carbocycles. The van der Waals surface area contributed by atoms with Crippen molar-refractivity contribution in [3.63, 3.8) is 0 Å². The Balaban J connectivity index is 4.41. The van der Waals surface area contributed by atoms with Gasteiger partial charge in [-0.2, -0.15) is 0 Å². The highest BCUT2D eigenvalue weighted by atomic mass is 32.2. The van der Waals surface area contributed by atoms with Gasteiger partial charge in [0.2, 0.25) is 10.0 Å². The van der Waals surface area contributed by atoms with Gasteiger partial charge in [-0.15, -0.1) is 0 Å². The molecular weight excluding hydrogens is 270 g/mol. The van der Waals surface area contributed by atoms with Crippen LogP contribution < -0.4 is 4.72 Å². The first-order valence-electron chi connectivity index (χ1n) is 4.92. The van der Waals surface area contributed by atoms with E-state index >= 15 is 0 Å². The van der Waals surface area contributed by atoms with Crippen LogP contribution in [-0.4, -0.2) is 53.2 Å². The SMILES string of the molecule is CCOC(=O)C(C)NS(=O)(=O)CCS(C)(=O)=O. The first kappa shape index (κ1) is 16.3. The van der Waals surface area contributed by atoms with Crippen molar-refractivity contribution in [2.75, 3.05) is 24.4 Å². The number of sulfone groups is 1. The zero-order valence-electron chi connectivity index (χ0n) is 9.96. The first-order chi connectivity index (χ1) is 7.57. The van der Waals surface area contributed by atoms with Crippen molar-refractivity contribution in [1.82, 2.24) is 4.72 Å². The molecule has 0 fully saturated rings. The molecule has 1 N–H and O–H groups in total. The van der Waals surface area contributed by atoms with Gasteiger partial charge in [0, 0.05) is 6.26 Å². The summed E-state index contributed by atoms with van der Waals surface area (Å²) < 4.78 is 51.1. The molecule has 1 unspecified atom stereocenters. The van der Waals surface area contributed by atoms with Crippen LogP contribution in [0.3, 0.4) is 0 Å². The van der Waals surface area contributed by atoms with Gasteiger partial charge in [0.05, 0.1) is 18.1 Å². The van der Waals surface area contributed by atoms with Crippen molar-refractivity contribution >= 4 is 25.8 Å². The van der Waals surface area contributed by atoms with Crippen LogP contribution in [0.5, 0.6) is 0 Å². The third-order valence-corrected chi connectivity index (χ3v) is 4.38. The number of nitrogens with one attached hydrogen (secondary N) is 1. The molecule has 0 bridgehead atoms. The molecule has 0 heterocycles. The molecule has 0 aliphatic carbocycles. The summed E-state index contributed by atoms with van der Waals surface area (Å²) in [5, 5.41) is 0. The predicted molar refractivity (Wildman–Crippen MR) is 62.7 cm³/mol. The highest BCUT2D eigenvalue weighted by Gasteiger charge is 2.22. The van der Waals surface area contributed by atoms with E-state index in [1.807, 2.05) is 4.72 Å². The van der Waals surface area contributed by atoms with Crippen LogP contribution in [0.2, 0.25) is 0 Å². The molecular formula is C8H17NO6S2. The lowest BCUT2D eigenvalue weighted by Gasteiger charge is -2.12. The number of esters is 1. The number of carbonyl (C=O) groups excluding carboxylic acids is 1. The summed E-state index contributed by atoms with van der Waals surface area (Å²) in [6, 6.07) is -1.03. The van der Waals surface area contributed by atoms with Crippen molar-refractivity contribution < 1.29 is 26.4 Å². The molecule has 0 saturated heterocycles. The zero-order chi connectivity index (χ0) is 13.7. The maximum atomic E-state index is 11.4. The van der Waals surface area contributed by atoms with E-state index in [-0.39, 0.29) is 6.61 Å². The van der Waals surface area contributed by atoms with Crippen LogP contribution in [-0.2, 0) is 29.4 Å². The Morgan fingerprint density at radius 2 is 1.76 bits per heavy atom. The second-order valence-electron chi connectivity index (χ2n) is 3.54. The van der Waals surface area contributed by atoms with Gasteiger partial charge in [-0.3, -0.25) is 4.79 Å². The second kappa shape index (κ2) is 6.31. The van der Waals surface area contributed by atoms with Gasteiger partial charge in [-0.25, -0.2) is 21.6 Å². The summed E-state index contributed by atoms with van der Waals surface area (Å²) in [4.78, 5) is 11.2. The van der Waals surface area contributed by atoms with E-state index in [2.05, 4.69) is 4.74 Å². The molecule has 0 spiro atoms. The van der Waals surface area contributed by atoms with Gasteiger partial charge in [-0.05, 0) is 13.8 Å². The third kappa shape index (κ3) is 8.11. The Morgan fingerprint density at radius 3 is 2.18 bits per heavy atom. The average molecular weight is 287 g/mol. The van der Waals surface area contributed by atoms with Crippen LogP contribution in [0.15, 0.2) is 0 Å². The molecule has 0 rings (SSSR count). The van der Waals surface area contributed by atoms with E-state index in [1.54, 1.807) is 6.92 Å². The number of sulfonamides is 1. The smallest absolute Gasteiger partial charge is 0.323 e. The molecule has 0 radical (unpaired) electrons. The Labute approximate surface area is 102 Å². The minimum absolute atomic E-state index is 0.147. The van der Waals surface area contributed by atoms with E-state index in [0.29, 0.717) is 0 Å². The fourth-order valence-electron chi connectivity index (χ4n) is 0.905. The van der Waals surface area contributed by atoms with Crippen molar-refractivity contribution in [3.05, 3.63) is 0 Å². The largest absolute Gasteiger partial charge is 0.465 e. The van der Waals surface area contributed by atoms with Crippen LogP contribution in [0, 0.1) is 0 Å². The molecule has 0 aliphatic heterocycles. The lowest BCUT2D eigenvalue weighted by molar-refractivity contribution is -0.144. The van der Waals surface area contributed by atoms with E-state index < -0.39 is 43.4 Å². The number of ether oxygens (including phenoxy) is 1. The van der Waals surface area contributed by atoms with Gasteiger partial charge in [0.15, 0.2) is 0 Å². The summed E-state index contributed by atoms with van der Waals surface area (Å²) in [6.07, 6.45) is 0.942. The van der Waals surface area contributed by atoms with Gasteiger partial charge in [0.1, 0.15) is 15.9 Å². The van der Waals surface area contributed by atoms with Gasteiger partial charge in [0.25, 0.3) is 0 Å². The zero-order valence-corrected chi connectivity index (χ0v) is 11.6. The summed E-state index contributed by atoms with van der Waals surface area (Å²) in [7, 11) is -7.17. The van der Waals surface area contributed by atoms with Crippen LogP contribution in [0.1, 0.15) is 13.8 Å². The standard InChI is InChI=1S/C8H17NO6S2/c1-4-15-8(10)7(2)9-17(13,14)6-5-16(3,11)12/h7,9H,4-6H2,1-3H3. The Hall–Kier alpha value is -0.670.